The van der Waals surface area contributed by atoms with Crippen LogP contribution in [0.3, 0.4) is 0 Å². The first-order valence-electron chi connectivity index (χ1n) is 4.14. The van der Waals surface area contributed by atoms with E-state index in [0.29, 0.717) is 5.82 Å². The van der Waals surface area contributed by atoms with Gasteiger partial charge >= 0.3 is 0 Å². The summed E-state index contributed by atoms with van der Waals surface area (Å²) in [5.41, 5.74) is 6.65. The van der Waals surface area contributed by atoms with Gasteiger partial charge in [-0.2, -0.15) is 5.10 Å². The van der Waals surface area contributed by atoms with Gasteiger partial charge in [0.15, 0.2) is 0 Å². The van der Waals surface area contributed by atoms with Gasteiger partial charge in [-0.3, -0.25) is 4.68 Å². The minimum Gasteiger partial charge on any atom is -0.384 e. The maximum Gasteiger partial charge on any atom is 0.121 e. The molecule has 0 fully saturated rings. The van der Waals surface area contributed by atoms with Crippen LogP contribution in [0.2, 0.25) is 0 Å². The molecule has 74 valence electrons. The predicted molar refractivity (Wildman–Crippen MR) is 63.4 cm³/mol. The molecule has 0 saturated heterocycles. The molecule has 3 nitrogen and oxygen atoms in total. The van der Waals surface area contributed by atoms with Crippen LogP contribution in [0.25, 0.3) is 10.6 Å². The minimum absolute atomic E-state index is 0.683. The number of nitrogens with zero attached hydrogens (tertiary/aromatic N) is 2. The first-order valence-corrected chi connectivity index (χ1v) is 5.74. The molecule has 2 aromatic rings. The van der Waals surface area contributed by atoms with Gasteiger partial charge in [0.1, 0.15) is 11.5 Å². The van der Waals surface area contributed by atoms with E-state index in [1.54, 1.807) is 16.0 Å². The summed E-state index contributed by atoms with van der Waals surface area (Å²) in [6.07, 6.45) is 0. The summed E-state index contributed by atoms with van der Waals surface area (Å²) in [4.78, 5) is 2.39. The van der Waals surface area contributed by atoms with Gasteiger partial charge in [-0.1, -0.05) is 0 Å². The van der Waals surface area contributed by atoms with Crippen molar-refractivity contribution < 1.29 is 0 Å². The largest absolute Gasteiger partial charge is 0.384 e. The van der Waals surface area contributed by atoms with Crippen molar-refractivity contribution in [3.8, 4) is 10.6 Å². The summed E-state index contributed by atoms with van der Waals surface area (Å²) >= 11 is 5.19. The Labute approximate surface area is 94.7 Å². The highest BCUT2D eigenvalue weighted by Crippen LogP contribution is 2.33. The first-order chi connectivity index (χ1) is 6.58. The molecule has 0 saturated carbocycles. The van der Waals surface area contributed by atoms with E-state index in [2.05, 4.69) is 34.0 Å². The molecule has 0 aliphatic rings. The van der Waals surface area contributed by atoms with Crippen LogP contribution in [-0.2, 0) is 7.05 Å². The molecule has 2 heterocycles. The third-order valence-electron chi connectivity index (χ3n) is 2.03. The summed E-state index contributed by atoms with van der Waals surface area (Å²) in [5.74, 6) is 0.683. The van der Waals surface area contributed by atoms with E-state index in [1.165, 1.54) is 4.88 Å². The van der Waals surface area contributed by atoms with E-state index in [1.807, 2.05) is 13.1 Å². The topological polar surface area (TPSA) is 43.8 Å². The van der Waals surface area contributed by atoms with E-state index in [4.69, 9.17) is 5.73 Å². The second-order valence-electron chi connectivity index (χ2n) is 3.09. The van der Waals surface area contributed by atoms with Gasteiger partial charge in [-0.15, -0.1) is 11.3 Å². The van der Waals surface area contributed by atoms with E-state index >= 15 is 0 Å². The molecule has 2 N–H and O–H groups in total. The normalized spacial score (nSPS) is 10.8. The summed E-state index contributed by atoms with van der Waals surface area (Å²) in [6, 6.07) is 3.96. The molecule has 0 aromatic carbocycles. The fraction of sp³-hybridized carbons (Fsp3) is 0.222. The van der Waals surface area contributed by atoms with Crippen molar-refractivity contribution in [2.75, 3.05) is 5.73 Å². The minimum atomic E-state index is 0.683. The average Bonchev–Trinajstić information content (AvgIpc) is 2.60. The monoisotopic (exact) mass is 271 g/mol. The number of thiophene rings is 1. The number of nitrogen functional groups attached to an aromatic ring is 1. The van der Waals surface area contributed by atoms with Crippen molar-refractivity contribution in [3.63, 3.8) is 0 Å². The van der Waals surface area contributed by atoms with Crippen LogP contribution in [0.15, 0.2) is 16.6 Å². The molecule has 0 bridgehead atoms. The summed E-state index contributed by atoms with van der Waals surface area (Å²) in [5, 5.41) is 4.32. The number of hydrogen-bond acceptors (Lipinski definition) is 3. The molecule has 2 aromatic heterocycles. The first kappa shape index (κ1) is 9.73. The van der Waals surface area contributed by atoms with Gasteiger partial charge in [-0.05, 0) is 28.9 Å². The van der Waals surface area contributed by atoms with E-state index in [0.717, 1.165) is 15.0 Å². The standard InChI is InChI=1S/C9H10BrN3S/c1-5-6(10)3-8(14-5)7-4-9(11)13(2)12-7/h3-4H,11H2,1-2H3. The second-order valence-corrected chi connectivity index (χ2v) is 5.20. The molecule has 0 radical (unpaired) electrons. The van der Waals surface area contributed by atoms with Crippen LogP contribution in [0, 0.1) is 6.92 Å². The lowest BCUT2D eigenvalue weighted by Gasteiger charge is -1.89. The predicted octanol–water partition coefficient (Wildman–Crippen LogP) is 2.80. The molecule has 5 heteroatoms. The van der Waals surface area contributed by atoms with E-state index < -0.39 is 0 Å². The number of nitrogens with two attached hydrogens (primary N) is 1. The molecule has 2 rings (SSSR count). The highest BCUT2D eigenvalue weighted by Gasteiger charge is 2.09. The maximum atomic E-state index is 5.72. The lowest BCUT2D eigenvalue weighted by atomic mass is 10.3. The SMILES string of the molecule is Cc1sc(-c2cc(N)n(C)n2)cc1Br. The summed E-state index contributed by atoms with van der Waals surface area (Å²) in [7, 11) is 1.84. The van der Waals surface area contributed by atoms with Crippen molar-refractivity contribution >= 4 is 33.1 Å². The number of anilines is 1. The van der Waals surface area contributed by atoms with E-state index in [9.17, 15) is 0 Å². The maximum absolute atomic E-state index is 5.72. The molecule has 0 amide bonds. The smallest absolute Gasteiger partial charge is 0.121 e. The van der Waals surface area contributed by atoms with Crippen LogP contribution in [-0.4, -0.2) is 9.78 Å². The summed E-state index contributed by atoms with van der Waals surface area (Å²) < 4.78 is 2.81. The van der Waals surface area contributed by atoms with Gasteiger partial charge in [0.05, 0.1) is 4.88 Å². The Morgan fingerprint density at radius 2 is 2.21 bits per heavy atom. The molecule has 0 aliphatic carbocycles. The van der Waals surface area contributed by atoms with Gasteiger partial charge in [0, 0.05) is 22.5 Å². The number of aromatic nitrogens is 2. The highest BCUT2D eigenvalue weighted by atomic mass is 79.9. The van der Waals surface area contributed by atoms with Crippen LogP contribution in [0.5, 0.6) is 0 Å². The van der Waals surface area contributed by atoms with Gasteiger partial charge in [0.25, 0.3) is 0 Å². The number of hydrogen-bond donors (Lipinski definition) is 1. The Balaban J connectivity index is 2.49. The third-order valence-corrected chi connectivity index (χ3v) is 4.18. The Morgan fingerprint density at radius 3 is 2.64 bits per heavy atom. The molecule has 0 spiro atoms. The average molecular weight is 272 g/mol. The zero-order valence-electron chi connectivity index (χ0n) is 7.91. The fourth-order valence-electron chi connectivity index (χ4n) is 1.19. The van der Waals surface area contributed by atoms with Crippen molar-refractivity contribution in [1.82, 2.24) is 9.78 Å². The van der Waals surface area contributed by atoms with Crippen LogP contribution in [0.4, 0.5) is 5.82 Å². The van der Waals surface area contributed by atoms with Crippen molar-refractivity contribution in [2.24, 2.45) is 7.05 Å². The molecular weight excluding hydrogens is 262 g/mol. The quantitative estimate of drug-likeness (QED) is 0.867. The molecular formula is C9H10BrN3S. The zero-order valence-corrected chi connectivity index (χ0v) is 10.3. The molecule has 0 atom stereocenters. The Morgan fingerprint density at radius 1 is 1.50 bits per heavy atom. The zero-order chi connectivity index (χ0) is 10.3. The molecule has 14 heavy (non-hydrogen) atoms. The second kappa shape index (κ2) is 3.40. The van der Waals surface area contributed by atoms with Gasteiger partial charge in [-0.25, -0.2) is 0 Å². The van der Waals surface area contributed by atoms with Gasteiger partial charge in [0.2, 0.25) is 0 Å². The van der Waals surface area contributed by atoms with Crippen LogP contribution >= 0.6 is 27.3 Å². The molecule has 0 aliphatic heterocycles. The number of rotatable bonds is 1. The Kier molecular flexibility index (Phi) is 2.36. The lowest BCUT2D eigenvalue weighted by Crippen LogP contribution is -1.96. The number of halogens is 1. The Bertz CT molecular complexity index is 389. The lowest BCUT2D eigenvalue weighted by molar-refractivity contribution is 0.783. The van der Waals surface area contributed by atoms with Crippen molar-refractivity contribution in [1.29, 1.82) is 0 Å². The van der Waals surface area contributed by atoms with Crippen LogP contribution in [0.1, 0.15) is 4.88 Å². The van der Waals surface area contributed by atoms with Crippen molar-refractivity contribution in [3.05, 3.63) is 21.5 Å². The van der Waals surface area contributed by atoms with Crippen molar-refractivity contribution in [2.45, 2.75) is 6.92 Å². The fourth-order valence-corrected chi connectivity index (χ4v) is 2.68. The van der Waals surface area contributed by atoms with Gasteiger partial charge < -0.3 is 5.73 Å². The molecule has 0 unspecified atom stereocenters. The van der Waals surface area contributed by atoms with E-state index in [-0.39, 0.29) is 0 Å². The van der Waals surface area contributed by atoms with Crippen LogP contribution < -0.4 is 5.73 Å². The Hall–Kier alpha value is -0.810. The highest BCUT2D eigenvalue weighted by molar-refractivity contribution is 9.10. The summed E-state index contributed by atoms with van der Waals surface area (Å²) in [6.45, 7) is 2.07. The third kappa shape index (κ3) is 1.57. The number of aryl methyl sites for hydroxylation is 2.